The van der Waals surface area contributed by atoms with Crippen molar-refractivity contribution in [1.82, 2.24) is 14.8 Å². The van der Waals surface area contributed by atoms with Crippen LogP contribution in [-0.2, 0) is 0 Å². The summed E-state index contributed by atoms with van der Waals surface area (Å²) in [5, 5.41) is 14.8. The lowest BCUT2D eigenvalue weighted by molar-refractivity contribution is -0.0706. The van der Waals surface area contributed by atoms with Crippen LogP contribution < -0.4 is 4.74 Å². The second-order valence-corrected chi connectivity index (χ2v) is 6.65. The van der Waals surface area contributed by atoms with E-state index in [0.29, 0.717) is 5.75 Å². The molecule has 0 saturated heterocycles. The van der Waals surface area contributed by atoms with E-state index in [4.69, 9.17) is 27.9 Å². The number of ether oxygens (including phenoxy) is 1. The molecule has 5 nitrogen and oxygen atoms in total. The Morgan fingerprint density at radius 1 is 1.32 bits per heavy atom. The van der Waals surface area contributed by atoms with E-state index in [1.165, 1.54) is 17.3 Å². The van der Waals surface area contributed by atoms with Gasteiger partial charge in [-0.05, 0) is 24.3 Å². The maximum absolute atomic E-state index is 10.7. The Bertz CT molecular complexity index is 576. The van der Waals surface area contributed by atoms with Gasteiger partial charge in [-0.3, -0.25) is 0 Å². The molecule has 0 saturated carbocycles. The van der Waals surface area contributed by atoms with E-state index < -0.39 is 17.7 Å². The van der Waals surface area contributed by atoms with Gasteiger partial charge in [0.1, 0.15) is 24.5 Å². The summed E-state index contributed by atoms with van der Waals surface area (Å²) in [6.07, 6.45) is 1.11. The Hall–Kier alpha value is -0.820. The molecular weight excluding hydrogens is 393 g/mol. The van der Waals surface area contributed by atoms with Crippen molar-refractivity contribution < 1.29 is 9.84 Å². The lowest BCUT2D eigenvalue weighted by Gasteiger charge is -2.35. The van der Waals surface area contributed by atoms with Crippen molar-refractivity contribution in [3.8, 4) is 5.75 Å². The molecule has 1 heterocycles. The van der Waals surface area contributed by atoms with E-state index in [0.717, 1.165) is 4.47 Å². The number of hydrogen-bond donors (Lipinski definition) is 1. The van der Waals surface area contributed by atoms with E-state index in [2.05, 4.69) is 26.0 Å². The molecular formula is C14H16BrCl2N3O2. The highest BCUT2D eigenvalue weighted by Crippen LogP contribution is 2.33. The van der Waals surface area contributed by atoms with Gasteiger partial charge in [0.05, 0.1) is 0 Å². The van der Waals surface area contributed by atoms with Gasteiger partial charge in [-0.15, -0.1) is 23.2 Å². The summed E-state index contributed by atoms with van der Waals surface area (Å²) < 4.78 is 8.28. The summed E-state index contributed by atoms with van der Waals surface area (Å²) in [5.74, 6) is 0.966. The summed E-state index contributed by atoms with van der Waals surface area (Å²) in [6.45, 7) is 1.80. The number of alkyl halides is 2. The van der Waals surface area contributed by atoms with Crippen molar-refractivity contribution in [2.75, 3.05) is 11.8 Å². The highest BCUT2D eigenvalue weighted by Gasteiger charge is 2.40. The molecule has 0 amide bonds. The van der Waals surface area contributed by atoms with Crippen LogP contribution in [0.25, 0.3) is 0 Å². The third-order valence-electron chi connectivity index (χ3n) is 3.36. The highest BCUT2D eigenvalue weighted by atomic mass is 79.9. The third kappa shape index (κ3) is 3.93. The standard InChI is InChI=1S/C14H16BrCl2N3O2/c1-14(6-16,7-17)12(21)13(20-9-18-8-19-20)22-11-4-2-10(15)3-5-11/h2-5,8-9,12-13,21H,6-7H2,1H3. The number of rotatable bonds is 7. The molecule has 2 rings (SSSR count). The Balaban J connectivity index is 2.29. The number of aliphatic hydroxyl groups excluding tert-OH is 1. The highest BCUT2D eigenvalue weighted by molar-refractivity contribution is 9.10. The molecule has 120 valence electrons. The molecule has 8 heteroatoms. The van der Waals surface area contributed by atoms with Crippen LogP contribution in [-0.4, -0.2) is 37.7 Å². The number of halogens is 3. The van der Waals surface area contributed by atoms with Gasteiger partial charge in [0, 0.05) is 21.6 Å². The molecule has 2 aromatic rings. The third-order valence-corrected chi connectivity index (χ3v) is 5.11. The predicted molar refractivity (Wildman–Crippen MR) is 89.4 cm³/mol. The average Bonchev–Trinajstić information content (AvgIpc) is 3.07. The fraction of sp³-hybridized carbons (Fsp3) is 0.429. The molecule has 1 aromatic carbocycles. The van der Waals surface area contributed by atoms with Gasteiger partial charge >= 0.3 is 0 Å². The summed E-state index contributed by atoms with van der Waals surface area (Å²) in [6, 6.07) is 7.28. The van der Waals surface area contributed by atoms with Crippen molar-refractivity contribution in [3.63, 3.8) is 0 Å². The van der Waals surface area contributed by atoms with Gasteiger partial charge in [0.2, 0.25) is 6.23 Å². The van der Waals surface area contributed by atoms with Gasteiger partial charge in [0.25, 0.3) is 0 Å². The number of aromatic nitrogens is 3. The number of benzene rings is 1. The van der Waals surface area contributed by atoms with Crippen LogP contribution in [0.1, 0.15) is 13.2 Å². The van der Waals surface area contributed by atoms with Crippen molar-refractivity contribution >= 4 is 39.1 Å². The topological polar surface area (TPSA) is 60.2 Å². The molecule has 0 fully saturated rings. The number of nitrogens with zero attached hydrogens (tertiary/aromatic N) is 3. The average molecular weight is 409 g/mol. The zero-order valence-electron chi connectivity index (χ0n) is 11.9. The largest absolute Gasteiger partial charge is 0.466 e. The smallest absolute Gasteiger partial charge is 0.219 e. The number of hydrogen-bond acceptors (Lipinski definition) is 4. The minimum Gasteiger partial charge on any atom is -0.466 e. The van der Waals surface area contributed by atoms with E-state index in [1.807, 2.05) is 12.1 Å². The summed E-state index contributed by atoms with van der Waals surface area (Å²) >= 11 is 15.3. The predicted octanol–water partition coefficient (Wildman–Crippen LogP) is 3.46. The summed E-state index contributed by atoms with van der Waals surface area (Å²) in [7, 11) is 0. The van der Waals surface area contributed by atoms with E-state index in [9.17, 15) is 5.11 Å². The van der Waals surface area contributed by atoms with Crippen LogP contribution in [0, 0.1) is 5.41 Å². The second-order valence-electron chi connectivity index (χ2n) is 5.20. The molecule has 22 heavy (non-hydrogen) atoms. The first-order valence-electron chi connectivity index (χ1n) is 6.56. The lowest BCUT2D eigenvalue weighted by Crippen LogP contribution is -2.44. The van der Waals surface area contributed by atoms with Crippen LogP contribution in [0.4, 0.5) is 0 Å². The Morgan fingerprint density at radius 2 is 1.95 bits per heavy atom. The molecule has 0 aliphatic heterocycles. The van der Waals surface area contributed by atoms with Crippen LogP contribution in [0.15, 0.2) is 41.4 Å². The van der Waals surface area contributed by atoms with E-state index in [-0.39, 0.29) is 11.8 Å². The first-order valence-corrected chi connectivity index (χ1v) is 8.43. The molecule has 2 atom stereocenters. The summed E-state index contributed by atoms with van der Waals surface area (Å²) in [5.41, 5.74) is -0.727. The van der Waals surface area contributed by atoms with Crippen LogP contribution in [0.5, 0.6) is 5.75 Å². The van der Waals surface area contributed by atoms with Gasteiger partial charge in [-0.1, -0.05) is 22.9 Å². The SMILES string of the molecule is CC(CCl)(CCl)C(O)C(Oc1ccc(Br)cc1)n1cncn1. The molecule has 0 aliphatic carbocycles. The molecule has 1 aromatic heterocycles. The molecule has 0 spiro atoms. The Morgan fingerprint density at radius 3 is 2.45 bits per heavy atom. The molecule has 0 aliphatic rings. The molecule has 1 N–H and O–H groups in total. The lowest BCUT2D eigenvalue weighted by atomic mass is 9.87. The van der Waals surface area contributed by atoms with Crippen LogP contribution in [0.2, 0.25) is 0 Å². The van der Waals surface area contributed by atoms with E-state index >= 15 is 0 Å². The minimum absolute atomic E-state index is 0.187. The van der Waals surface area contributed by atoms with Gasteiger partial charge in [-0.2, -0.15) is 5.10 Å². The van der Waals surface area contributed by atoms with Crippen molar-refractivity contribution in [2.45, 2.75) is 19.3 Å². The Labute approximate surface area is 147 Å². The molecule has 0 bridgehead atoms. The molecule has 2 unspecified atom stereocenters. The number of aliphatic hydroxyl groups is 1. The van der Waals surface area contributed by atoms with Crippen LogP contribution in [0.3, 0.4) is 0 Å². The minimum atomic E-state index is -0.965. The van der Waals surface area contributed by atoms with Gasteiger partial charge in [0.15, 0.2) is 0 Å². The van der Waals surface area contributed by atoms with Crippen molar-refractivity contribution in [2.24, 2.45) is 5.41 Å². The normalized spacial score (nSPS) is 14.6. The summed E-state index contributed by atoms with van der Waals surface area (Å²) in [4.78, 5) is 3.90. The van der Waals surface area contributed by atoms with Crippen molar-refractivity contribution in [3.05, 3.63) is 41.4 Å². The quantitative estimate of drug-likeness (QED) is 0.712. The van der Waals surface area contributed by atoms with Gasteiger partial charge in [-0.25, -0.2) is 9.67 Å². The van der Waals surface area contributed by atoms with E-state index in [1.54, 1.807) is 19.1 Å². The fourth-order valence-electron chi connectivity index (χ4n) is 1.80. The molecule has 0 radical (unpaired) electrons. The maximum atomic E-state index is 10.7. The second kappa shape index (κ2) is 7.64. The maximum Gasteiger partial charge on any atom is 0.219 e. The van der Waals surface area contributed by atoms with Crippen LogP contribution >= 0.6 is 39.1 Å². The zero-order chi connectivity index (χ0) is 16.2. The zero-order valence-corrected chi connectivity index (χ0v) is 15.0. The Kier molecular flexibility index (Phi) is 6.09. The first kappa shape index (κ1) is 17.5. The van der Waals surface area contributed by atoms with Crippen molar-refractivity contribution in [1.29, 1.82) is 0 Å². The van der Waals surface area contributed by atoms with Gasteiger partial charge < -0.3 is 9.84 Å². The monoisotopic (exact) mass is 407 g/mol. The fourth-order valence-corrected chi connectivity index (χ4v) is 2.67. The first-order chi connectivity index (χ1) is 10.5.